The Bertz CT molecular complexity index is 2120. The van der Waals surface area contributed by atoms with Gasteiger partial charge in [0.1, 0.15) is 10.6 Å². The third-order valence-electron chi connectivity index (χ3n) is 8.45. The van der Waals surface area contributed by atoms with Crippen LogP contribution in [0.3, 0.4) is 0 Å². The minimum atomic E-state index is -4.62. The normalized spacial score (nSPS) is 17.9. The van der Waals surface area contributed by atoms with Crippen molar-refractivity contribution in [3.05, 3.63) is 120 Å². The van der Waals surface area contributed by atoms with Crippen molar-refractivity contribution in [3.63, 3.8) is 0 Å². The fraction of sp³-hybridized carbons (Fsp3) is 0.176. The molecule has 2 aromatic heterocycles. The summed E-state index contributed by atoms with van der Waals surface area (Å²) in [6, 6.07) is 22.8. The fourth-order valence-corrected chi connectivity index (χ4v) is 8.00. The second-order valence-electron chi connectivity index (χ2n) is 11.0. The van der Waals surface area contributed by atoms with E-state index in [0.29, 0.717) is 35.9 Å². The van der Waals surface area contributed by atoms with E-state index in [1.807, 2.05) is 12.1 Å². The van der Waals surface area contributed by atoms with Gasteiger partial charge in [-0.3, -0.25) is 14.8 Å². The number of aromatic nitrogens is 2. The van der Waals surface area contributed by atoms with Gasteiger partial charge in [-0.05, 0) is 48.5 Å². The van der Waals surface area contributed by atoms with Crippen molar-refractivity contribution in [1.29, 1.82) is 0 Å². The van der Waals surface area contributed by atoms with Crippen molar-refractivity contribution in [1.82, 2.24) is 14.9 Å². The number of halogens is 1. The van der Waals surface area contributed by atoms with Gasteiger partial charge >= 0.3 is 6.09 Å². The van der Waals surface area contributed by atoms with Gasteiger partial charge in [-0.1, -0.05) is 48.0 Å². The summed E-state index contributed by atoms with van der Waals surface area (Å²) in [6.07, 6.45) is 4.09. The van der Waals surface area contributed by atoms with E-state index in [1.165, 1.54) is 42.5 Å². The minimum Gasteiger partial charge on any atom is -0.496 e. The van der Waals surface area contributed by atoms with Gasteiger partial charge in [0.05, 0.1) is 23.9 Å². The quantitative estimate of drug-likeness (QED) is 0.239. The molecule has 1 fully saturated rings. The number of benzene rings is 3. The lowest BCUT2D eigenvalue weighted by molar-refractivity contribution is -0.132. The number of anilines is 2. The van der Waals surface area contributed by atoms with Crippen LogP contribution in [0.2, 0.25) is 5.02 Å². The van der Waals surface area contributed by atoms with Crippen molar-refractivity contribution in [2.24, 2.45) is 0 Å². The predicted octanol–water partition coefficient (Wildman–Crippen LogP) is 5.23. The van der Waals surface area contributed by atoms with Gasteiger partial charge in [0.15, 0.2) is 0 Å². The Hall–Kier alpha value is -5.20. The van der Waals surface area contributed by atoms with Gasteiger partial charge in [-0.2, -0.15) is 4.31 Å². The standard InChI is InChI=1S/C34H28ClN5O6S/c1-45-29-9-3-2-8-26(29)34(46-33(42)39-20-18-38(19-21-39)25-13-16-36-17-14-25)27-22-24(35)11-12-28(27)40(32(34)41)47(43,44)30-10-4-6-23-7-5-15-37-31(23)30/h2-17,22H,18-21H2,1H3. The highest BCUT2D eigenvalue weighted by Gasteiger charge is 2.61. The van der Waals surface area contributed by atoms with Crippen molar-refractivity contribution in [3.8, 4) is 5.75 Å². The summed E-state index contributed by atoms with van der Waals surface area (Å²) in [5.41, 5.74) is -0.881. The maximum Gasteiger partial charge on any atom is 0.411 e. The second-order valence-corrected chi connectivity index (χ2v) is 13.2. The molecule has 7 rings (SSSR count). The molecule has 0 saturated carbocycles. The molecule has 0 radical (unpaired) electrons. The summed E-state index contributed by atoms with van der Waals surface area (Å²) in [5.74, 6) is -0.802. The van der Waals surface area contributed by atoms with Crippen molar-refractivity contribution < 1.29 is 27.5 Å². The van der Waals surface area contributed by atoms with E-state index in [9.17, 15) is 18.0 Å². The predicted molar refractivity (Wildman–Crippen MR) is 176 cm³/mol. The van der Waals surface area contributed by atoms with Gasteiger partial charge in [-0.25, -0.2) is 13.2 Å². The van der Waals surface area contributed by atoms with E-state index in [0.717, 1.165) is 5.69 Å². The number of piperazine rings is 1. The number of carbonyl (C=O) groups excluding carboxylic acids is 2. The molecule has 0 bridgehead atoms. The molecule has 0 spiro atoms. The minimum absolute atomic E-state index is 0.00598. The number of para-hydroxylation sites is 2. The Morgan fingerprint density at radius 2 is 1.62 bits per heavy atom. The van der Waals surface area contributed by atoms with Gasteiger partial charge in [0.2, 0.25) is 5.60 Å². The monoisotopic (exact) mass is 669 g/mol. The van der Waals surface area contributed by atoms with Crippen LogP contribution in [0, 0.1) is 0 Å². The van der Waals surface area contributed by atoms with Crippen LogP contribution in [-0.2, 0) is 25.2 Å². The molecule has 2 amide bonds. The number of methoxy groups -OCH3 is 1. The molecule has 2 aliphatic rings. The van der Waals surface area contributed by atoms with Gasteiger partial charge in [0.25, 0.3) is 15.9 Å². The molecule has 0 aliphatic carbocycles. The molecule has 11 nitrogen and oxygen atoms in total. The third-order valence-corrected chi connectivity index (χ3v) is 10.4. The smallest absolute Gasteiger partial charge is 0.411 e. The summed E-state index contributed by atoms with van der Waals surface area (Å²) in [4.78, 5) is 40.9. The van der Waals surface area contributed by atoms with E-state index in [2.05, 4.69) is 14.9 Å². The first-order valence-electron chi connectivity index (χ1n) is 14.8. The number of hydrogen-bond donors (Lipinski definition) is 0. The fourth-order valence-electron chi connectivity index (χ4n) is 6.20. The van der Waals surface area contributed by atoms with Crippen LogP contribution >= 0.6 is 11.6 Å². The van der Waals surface area contributed by atoms with Crippen LogP contribution in [0.15, 0.2) is 108 Å². The highest BCUT2D eigenvalue weighted by Crippen LogP contribution is 2.52. The molecule has 4 heterocycles. The van der Waals surface area contributed by atoms with Gasteiger partial charge < -0.3 is 19.3 Å². The number of amides is 2. The molecule has 0 N–H and O–H groups in total. The number of rotatable bonds is 6. The highest BCUT2D eigenvalue weighted by molar-refractivity contribution is 7.93. The molecule has 13 heteroatoms. The summed E-state index contributed by atoms with van der Waals surface area (Å²) < 4.78 is 41.8. The molecule has 47 heavy (non-hydrogen) atoms. The summed E-state index contributed by atoms with van der Waals surface area (Å²) >= 11 is 6.49. The number of carbonyl (C=O) groups is 2. The molecule has 238 valence electrons. The van der Waals surface area contributed by atoms with E-state index in [-0.39, 0.29) is 38.0 Å². The maximum atomic E-state index is 15.0. The van der Waals surface area contributed by atoms with Crippen LogP contribution in [0.4, 0.5) is 16.2 Å². The maximum absolute atomic E-state index is 15.0. The first-order chi connectivity index (χ1) is 22.8. The molecule has 2 aliphatic heterocycles. The lowest BCUT2D eigenvalue weighted by atomic mass is 9.86. The molecule has 1 atom stereocenters. The van der Waals surface area contributed by atoms with E-state index < -0.39 is 27.6 Å². The molecular formula is C34H28ClN5O6S. The third kappa shape index (κ3) is 5.00. The van der Waals surface area contributed by atoms with Crippen LogP contribution in [0.25, 0.3) is 10.9 Å². The summed E-state index contributed by atoms with van der Waals surface area (Å²) in [6.45, 7) is 1.60. The number of pyridine rings is 2. The Balaban J connectivity index is 1.35. The van der Waals surface area contributed by atoms with Gasteiger partial charge in [-0.15, -0.1) is 0 Å². The van der Waals surface area contributed by atoms with E-state index in [4.69, 9.17) is 21.1 Å². The Labute approximate surface area is 276 Å². The van der Waals surface area contributed by atoms with Crippen LogP contribution in [0.1, 0.15) is 11.1 Å². The summed E-state index contributed by atoms with van der Waals surface area (Å²) in [5, 5.41) is 0.786. The zero-order valence-corrected chi connectivity index (χ0v) is 26.7. The lowest BCUT2D eigenvalue weighted by Gasteiger charge is -2.38. The van der Waals surface area contributed by atoms with Crippen LogP contribution in [-0.4, -0.2) is 68.6 Å². The van der Waals surface area contributed by atoms with E-state index >= 15 is 0 Å². The molecular weight excluding hydrogens is 642 g/mol. The number of sulfonamides is 1. The first-order valence-corrected chi connectivity index (χ1v) is 16.6. The van der Waals surface area contributed by atoms with Gasteiger partial charge in [0, 0.05) is 66.4 Å². The first kappa shape index (κ1) is 30.5. The topological polar surface area (TPSA) is 122 Å². The zero-order valence-electron chi connectivity index (χ0n) is 25.1. The molecule has 5 aromatic rings. The SMILES string of the molecule is COc1ccccc1C1(OC(=O)N2CCN(c3ccncc3)CC2)C(=O)N(S(=O)(=O)c2cccc3cccnc23)c2ccc(Cl)cc21. The average molecular weight is 670 g/mol. The molecule has 1 saturated heterocycles. The van der Waals surface area contributed by atoms with Crippen molar-refractivity contribution >= 4 is 55.9 Å². The average Bonchev–Trinajstić information content (AvgIpc) is 3.35. The number of hydrogen-bond acceptors (Lipinski definition) is 9. The van der Waals surface area contributed by atoms with Crippen molar-refractivity contribution in [2.75, 3.05) is 42.5 Å². The highest BCUT2D eigenvalue weighted by atomic mass is 35.5. The van der Waals surface area contributed by atoms with E-state index in [1.54, 1.807) is 60.9 Å². The number of fused-ring (bicyclic) bond motifs is 2. The zero-order chi connectivity index (χ0) is 32.8. The second kappa shape index (κ2) is 11.9. The van der Waals surface area contributed by atoms with Crippen molar-refractivity contribution in [2.45, 2.75) is 10.5 Å². The summed E-state index contributed by atoms with van der Waals surface area (Å²) in [7, 11) is -3.20. The lowest BCUT2D eigenvalue weighted by Crippen LogP contribution is -2.53. The van der Waals surface area contributed by atoms with Crippen LogP contribution < -0.4 is 13.9 Å². The molecule has 1 unspecified atom stereocenters. The Morgan fingerprint density at radius 1 is 0.872 bits per heavy atom. The van der Waals surface area contributed by atoms with Crippen LogP contribution in [0.5, 0.6) is 5.75 Å². The molecule has 3 aromatic carbocycles. The Kier molecular flexibility index (Phi) is 7.69. The Morgan fingerprint density at radius 3 is 2.38 bits per heavy atom. The number of ether oxygens (including phenoxy) is 2. The largest absolute Gasteiger partial charge is 0.496 e. The number of nitrogens with zero attached hydrogens (tertiary/aromatic N) is 5.